The lowest BCUT2D eigenvalue weighted by Crippen LogP contribution is -2.25. The minimum absolute atomic E-state index is 0.401. The molecule has 0 fully saturated rings. The third kappa shape index (κ3) is 2.90. The number of benzene rings is 1. The lowest BCUT2D eigenvalue weighted by Gasteiger charge is -2.24. The number of nitrogens with one attached hydrogen (secondary N) is 1. The van der Waals surface area contributed by atoms with Gasteiger partial charge in [-0.25, -0.2) is 4.98 Å². The Kier molecular flexibility index (Phi) is 4.24. The highest BCUT2D eigenvalue weighted by Gasteiger charge is 2.28. The molecule has 2 heterocycles. The van der Waals surface area contributed by atoms with Crippen molar-refractivity contribution in [3.63, 3.8) is 0 Å². The first-order valence-electron chi connectivity index (χ1n) is 7.64. The van der Waals surface area contributed by atoms with Gasteiger partial charge in [0.05, 0.1) is 6.61 Å². The van der Waals surface area contributed by atoms with Crippen LogP contribution in [0, 0.1) is 6.92 Å². The molecule has 0 radical (unpaired) electrons. The fraction of sp³-hybridized carbons (Fsp3) is 0.412. The first-order valence-corrected chi connectivity index (χ1v) is 7.64. The lowest BCUT2D eigenvalue weighted by atomic mass is 10.1. The molecule has 1 unspecified atom stereocenters. The number of aryl methyl sites for hydroxylation is 1. The minimum Gasteiger partial charge on any atom is -0.383 e. The van der Waals surface area contributed by atoms with Crippen molar-refractivity contribution >= 4 is 17.5 Å². The lowest BCUT2D eigenvalue weighted by molar-refractivity contribution is 0.210. The molecule has 1 aromatic heterocycles. The number of nitrogens with zero attached hydrogens (tertiary/aromatic N) is 3. The number of ether oxygens (including phenoxy) is 1. The van der Waals surface area contributed by atoms with E-state index in [9.17, 15) is 0 Å². The molecule has 0 aliphatic carbocycles. The summed E-state index contributed by atoms with van der Waals surface area (Å²) in [6.45, 7) is 5.57. The first-order chi connectivity index (χ1) is 10.7. The maximum Gasteiger partial charge on any atom is 0.224 e. The highest BCUT2D eigenvalue weighted by atomic mass is 16.5. The highest BCUT2D eigenvalue weighted by Crippen LogP contribution is 2.37. The Labute approximate surface area is 131 Å². The quantitative estimate of drug-likeness (QED) is 0.860. The molecule has 1 aliphatic heterocycles. The van der Waals surface area contributed by atoms with Gasteiger partial charge >= 0.3 is 0 Å². The predicted molar refractivity (Wildman–Crippen MR) is 88.9 cm³/mol. The van der Waals surface area contributed by atoms with E-state index >= 15 is 0 Å². The van der Waals surface area contributed by atoms with Gasteiger partial charge in [0.1, 0.15) is 5.82 Å². The Hall–Kier alpha value is -2.14. The normalized spacial score (nSPS) is 16.7. The number of rotatable bonds is 5. The number of aromatic nitrogens is 2. The van der Waals surface area contributed by atoms with Crippen LogP contribution in [-0.4, -0.2) is 36.3 Å². The molecule has 0 bridgehead atoms. The first kappa shape index (κ1) is 14.8. The van der Waals surface area contributed by atoms with Gasteiger partial charge < -0.3 is 15.0 Å². The predicted octanol–water partition coefficient (Wildman–Crippen LogP) is 2.93. The Morgan fingerprint density at radius 3 is 2.95 bits per heavy atom. The van der Waals surface area contributed by atoms with Crippen molar-refractivity contribution in [2.75, 3.05) is 30.5 Å². The summed E-state index contributed by atoms with van der Waals surface area (Å²) in [6.07, 6.45) is 1.05. The van der Waals surface area contributed by atoms with E-state index < -0.39 is 0 Å². The van der Waals surface area contributed by atoms with E-state index in [1.165, 1.54) is 11.3 Å². The average molecular weight is 298 g/mol. The number of methoxy groups -OCH3 is 1. The molecule has 0 spiro atoms. The zero-order valence-corrected chi connectivity index (χ0v) is 13.3. The molecule has 22 heavy (non-hydrogen) atoms. The number of para-hydroxylation sites is 1. The zero-order valence-electron chi connectivity index (χ0n) is 13.3. The second-order valence-corrected chi connectivity index (χ2v) is 5.66. The van der Waals surface area contributed by atoms with E-state index in [1.807, 2.05) is 13.0 Å². The fourth-order valence-corrected chi connectivity index (χ4v) is 2.93. The van der Waals surface area contributed by atoms with Crippen LogP contribution in [0.3, 0.4) is 0 Å². The third-order valence-corrected chi connectivity index (χ3v) is 3.88. The topological polar surface area (TPSA) is 50.3 Å². The smallest absolute Gasteiger partial charge is 0.224 e. The molecule has 0 saturated carbocycles. The van der Waals surface area contributed by atoms with Crippen LogP contribution < -0.4 is 10.2 Å². The molecular formula is C17H22N4O. The van der Waals surface area contributed by atoms with Gasteiger partial charge in [0.15, 0.2) is 0 Å². The molecule has 1 N–H and O–H groups in total. The number of hydrogen-bond acceptors (Lipinski definition) is 5. The van der Waals surface area contributed by atoms with Crippen molar-refractivity contribution in [1.82, 2.24) is 9.97 Å². The molecule has 0 saturated heterocycles. The Morgan fingerprint density at radius 1 is 1.32 bits per heavy atom. The van der Waals surface area contributed by atoms with Crippen molar-refractivity contribution < 1.29 is 4.74 Å². The second-order valence-electron chi connectivity index (χ2n) is 5.66. The summed E-state index contributed by atoms with van der Waals surface area (Å²) in [5.41, 5.74) is 3.58. The van der Waals surface area contributed by atoms with Crippen molar-refractivity contribution in [2.45, 2.75) is 26.3 Å². The highest BCUT2D eigenvalue weighted by molar-refractivity contribution is 5.69. The molecule has 1 atom stereocenters. The van der Waals surface area contributed by atoms with Gasteiger partial charge in [0, 0.05) is 37.1 Å². The van der Waals surface area contributed by atoms with Crippen LogP contribution in [0.4, 0.5) is 17.5 Å². The van der Waals surface area contributed by atoms with E-state index in [0.717, 1.165) is 17.9 Å². The van der Waals surface area contributed by atoms with E-state index in [1.54, 1.807) is 7.11 Å². The summed E-state index contributed by atoms with van der Waals surface area (Å²) >= 11 is 0. The average Bonchev–Trinajstić information content (AvgIpc) is 2.82. The van der Waals surface area contributed by atoms with Crippen LogP contribution in [0.2, 0.25) is 0 Å². The fourth-order valence-electron chi connectivity index (χ4n) is 2.93. The molecule has 116 valence electrons. The molecule has 2 aromatic rings. The number of fused-ring (bicyclic) bond motifs is 1. The number of anilines is 3. The summed E-state index contributed by atoms with van der Waals surface area (Å²) in [6, 6.07) is 11.0. The van der Waals surface area contributed by atoms with Crippen LogP contribution in [0.25, 0.3) is 0 Å². The van der Waals surface area contributed by atoms with E-state index in [0.29, 0.717) is 25.1 Å². The summed E-state index contributed by atoms with van der Waals surface area (Å²) in [4.78, 5) is 11.4. The maximum absolute atomic E-state index is 5.06. The van der Waals surface area contributed by atoms with Crippen LogP contribution in [0.15, 0.2) is 30.3 Å². The van der Waals surface area contributed by atoms with Crippen LogP contribution in [-0.2, 0) is 11.2 Å². The standard InChI is InChI=1S/C17H22N4O/c1-12-10-16(20-17(19-12)18-8-9-22-3)21-13(2)11-14-6-4-5-7-15(14)21/h4-7,10,13H,8-9,11H2,1-3H3,(H,18,19,20). The van der Waals surface area contributed by atoms with Crippen LogP contribution in [0.5, 0.6) is 0 Å². The van der Waals surface area contributed by atoms with Crippen LogP contribution >= 0.6 is 0 Å². The van der Waals surface area contributed by atoms with E-state index in [4.69, 9.17) is 4.74 Å². The van der Waals surface area contributed by atoms with Gasteiger partial charge in [0.25, 0.3) is 0 Å². The second kappa shape index (κ2) is 6.32. The monoisotopic (exact) mass is 298 g/mol. The van der Waals surface area contributed by atoms with Crippen molar-refractivity contribution in [3.05, 3.63) is 41.6 Å². The van der Waals surface area contributed by atoms with Gasteiger partial charge in [-0.3, -0.25) is 0 Å². The summed E-state index contributed by atoms with van der Waals surface area (Å²) in [7, 11) is 1.69. The van der Waals surface area contributed by atoms with Gasteiger partial charge in [0.2, 0.25) is 5.95 Å². The van der Waals surface area contributed by atoms with Crippen LogP contribution in [0.1, 0.15) is 18.2 Å². The van der Waals surface area contributed by atoms with Crippen molar-refractivity contribution in [3.8, 4) is 0 Å². The van der Waals surface area contributed by atoms with Crippen molar-refractivity contribution in [2.24, 2.45) is 0 Å². The molecule has 0 amide bonds. The summed E-state index contributed by atoms with van der Waals surface area (Å²) in [5, 5.41) is 3.22. The van der Waals surface area contributed by atoms with Gasteiger partial charge in [-0.1, -0.05) is 18.2 Å². The Morgan fingerprint density at radius 2 is 2.14 bits per heavy atom. The molecule has 5 heteroatoms. The molecule has 1 aliphatic rings. The molecule has 1 aromatic carbocycles. The zero-order chi connectivity index (χ0) is 15.5. The SMILES string of the molecule is COCCNc1nc(C)cc(N2c3ccccc3CC2C)n1. The Bertz CT molecular complexity index is 659. The number of hydrogen-bond donors (Lipinski definition) is 1. The van der Waals surface area contributed by atoms with E-state index in [-0.39, 0.29) is 0 Å². The van der Waals surface area contributed by atoms with Crippen molar-refractivity contribution in [1.29, 1.82) is 0 Å². The minimum atomic E-state index is 0.401. The van der Waals surface area contributed by atoms with E-state index in [2.05, 4.69) is 51.4 Å². The molecule has 5 nitrogen and oxygen atoms in total. The third-order valence-electron chi connectivity index (χ3n) is 3.88. The van der Waals surface area contributed by atoms with Gasteiger partial charge in [-0.2, -0.15) is 4.98 Å². The largest absolute Gasteiger partial charge is 0.383 e. The molecular weight excluding hydrogens is 276 g/mol. The summed E-state index contributed by atoms with van der Waals surface area (Å²) < 4.78 is 5.06. The Balaban J connectivity index is 1.91. The van der Waals surface area contributed by atoms with Gasteiger partial charge in [-0.15, -0.1) is 0 Å². The molecule has 3 rings (SSSR count). The van der Waals surface area contributed by atoms with Gasteiger partial charge in [-0.05, 0) is 31.9 Å². The maximum atomic E-state index is 5.06. The summed E-state index contributed by atoms with van der Waals surface area (Å²) in [5.74, 6) is 1.61.